The minimum Gasteiger partial charge on any atom is -0.868 e. The third kappa shape index (κ3) is 5.81. The van der Waals surface area contributed by atoms with Gasteiger partial charge < -0.3 is 10.2 Å². The first-order chi connectivity index (χ1) is 27.1. The molecule has 2 N–H and O–H groups in total. The second kappa shape index (κ2) is 14.5. The molecule has 0 aliphatic rings. The number of benzene rings is 8. The summed E-state index contributed by atoms with van der Waals surface area (Å²) in [7, 11) is 0. The summed E-state index contributed by atoms with van der Waals surface area (Å²) < 4.78 is 1.18. The Morgan fingerprint density at radius 1 is 0.421 bits per heavy atom. The van der Waals surface area contributed by atoms with Crippen molar-refractivity contribution in [2.24, 2.45) is 0 Å². The van der Waals surface area contributed by atoms with Crippen LogP contribution in [0.15, 0.2) is 164 Å². The van der Waals surface area contributed by atoms with E-state index >= 15 is 0 Å². The summed E-state index contributed by atoms with van der Waals surface area (Å²) in [6, 6.07) is 51.7. The largest absolute Gasteiger partial charge is 1.00 e. The van der Waals surface area contributed by atoms with Crippen LogP contribution in [0, 0.1) is 0 Å². The van der Waals surface area contributed by atoms with Crippen LogP contribution in [-0.2, 0) is 0 Å². The summed E-state index contributed by atoms with van der Waals surface area (Å²) in [5.41, 5.74) is 9.56. The van der Waals surface area contributed by atoms with E-state index in [1.807, 2.05) is 42.5 Å². The average molecular weight is 738 g/mol. The molecule has 0 saturated heterocycles. The van der Waals surface area contributed by atoms with Crippen molar-refractivity contribution < 1.29 is 57.9 Å². The maximum Gasteiger partial charge on any atom is 1.00 e. The number of thiazole rings is 1. The molecule has 8 heteroatoms. The van der Waals surface area contributed by atoms with Crippen molar-refractivity contribution in [3.63, 3.8) is 0 Å². The molecule has 0 amide bonds. The van der Waals surface area contributed by atoms with Crippen LogP contribution in [0.4, 0.5) is 0 Å². The van der Waals surface area contributed by atoms with Crippen molar-refractivity contribution in [2.75, 3.05) is 0 Å². The zero-order valence-corrected chi connectivity index (χ0v) is 32.1. The summed E-state index contributed by atoms with van der Waals surface area (Å²) in [6.45, 7) is 0. The van der Waals surface area contributed by atoms with Gasteiger partial charge in [0.15, 0.2) is 12.4 Å². The molecule has 0 radical (unpaired) electrons. The number of fused-ring (bicyclic) bond motifs is 7. The van der Waals surface area contributed by atoms with Gasteiger partial charge in [0.05, 0.1) is 21.0 Å². The summed E-state index contributed by atoms with van der Waals surface area (Å²) in [6.07, 6.45) is 3.60. The molecule has 0 aliphatic heterocycles. The van der Waals surface area contributed by atoms with E-state index in [9.17, 15) is 10.2 Å². The van der Waals surface area contributed by atoms with Crippen LogP contribution >= 0.6 is 11.3 Å². The first-order valence-electron chi connectivity index (χ1n) is 18.2. The molecule has 57 heavy (non-hydrogen) atoms. The Balaban J connectivity index is 0.00000211. The number of rotatable bonds is 4. The van der Waals surface area contributed by atoms with E-state index in [0.29, 0.717) is 11.0 Å². The van der Waals surface area contributed by atoms with E-state index in [4.69, 9.17) is 4.98 Å². The van der Waals surface area contributed by atoms with Gasteiger partial charge in [-0.3, -0.25) is 0 Å². The fourth-order valence-electron chi connectivity index (χ4n) is 8.47. The summed E-state index contributed by atoms with van der Waals surface area (Å²) >= 11 is 1.71. The molecule has 0 spiro atoms. The molecule has 5 nitrogen and oxygen atoms in total. The molecule has 0 unspecified atom stereocenters. The van der Waals surface area contributed by atoms with E-state index < -0.39 is 0 Å². The molecule has 11 rings (SSSR count). The normalized spacial score (nSPS) is 11.4. The van der Waals surface area contributed by atoms with Crippen molar-refractivity contribution in [2.45, 2.75) is 0 Å². The first kappa shape index (κ1) is 36.7. The summed E-state index contributed by atoms with van der Waals surface area (Å²) in [5.74, 6) is -0.0966. The van der Waals surface area contributed by atoms with Crippen LogP contribution in [0.3, 0.4) is 0 Å². The number of aromatic nitrogens is 3. The fourth-order valence-corrected chi connectivity index (χ4v) is 9.45. The van der Waals surface area contributed by atoms with Gasteiger partial charge in [0, 0.05) is 17.7 Å². The van der Waals surface area contributed by atoms with Crippen LogP contribution in [0.5, 0.6) is 11.5 Å². The van der Waals surface area contributed by atoms with Gasteiger partial charge in [0.25, 0.3) is 0 Å². The maximum atomic E-state index is 13.2. The molecule has 258 valence electrons. The first-order valence-corrected chi connectivity index (χ1v) is 19.0. The number of nitrogens with zero attached hydrogens (tertiary/aromatic N) is 1. The van der Waals surface area contributed by atoms with E-state index in [-0.39, 0.29) is 49.2 Å². The monoisotopic (exact) mass is 737 g/mol. The summed E-state index contributed by atoms with van der Waals surface area (Å²) in [5, 5.41) is 35.5. The second-order valence-corrected chi connectivity index (χ2v) is 14.9. The Hall–Kier alpha value is -5.96. The number of aromatic amines is 2. The standard InChI is InChI=1S/C49H29N3O2S.2Li/c53-41-24-22-35(37-12-6-26-50-47(37)41)44-33-8-1-2-9-34(33)45(36-23-25-42(54)48-38(36)13-7-27-51-48)46-32-11-5-10-30(31(32)20-21-39(44)46)28-16-18-29(19-17-28)49-52-40-14-3-4-15-43(40)55-49;;/h1-27,53-54H;;/q;2*+1. The van der Waals surface area contributed by atoms with Crippen LogP contribution < -0.4 is 57.9 Å². The molecule has 0 saturated carbocycles. The van der Waals surface area contributed by atoms with E-state index in [2.05, 4.69) is 107 Å². The third-order valence-corrected chi connectivity index (χ3v) is 12.0. The molecule has 11 aromatic rings. The topological polar surface area (TPSA) is 87.3 Å². The predicted octanol–water partition coefficient (Wildman–Crippen LogP) is 4.51. The van der Waals surface area contributed by atoms with Crippen molar-refractivity contribution in [1.29, 1.82) is 0 Å². The van der Waals surface area contributed by atoms with Gasteiger partial charge in [-0.1, -0.05) is 115 Å². The smallest absolute Gasteiger partial charge is 0.868 e. The average Bonchev–Trinajstić information content (AvgIpc) is 3.68. The van der Waals surface area contributed by atoms with Gasteiger partial charge in [-0.05, 0) is 101 Å². The van der Waals surface area contributed by atoms with Gasteiger partial charge in [-0.2, -0.15) is 0 Å². The molecular weight excluding hydrogens is 709 g/mol. The van der Waals surface area contributed by atoms with Crippen molar-refractivity contribution in [3.8, 4) is 55.5 Å². The molecular formula is C49H29Li2N3O2S+2. The van der Waals surface area contributed by atoms with Gasteiger partial charge in [0.1, 0.15) is 5.01 Å². The zero-order valence-electron chi connectivity index (χ0n) is 31.3. The number of pyridine rings is 2. The van der Waals surface area contributed by atoms with E-state index in [1.165, 1.54) is 4.70 Å². The quantitative estimate of drug-likeness (QED) is 0.151. The van der Waals surface area contributed by atoms with Gasteiger partial charge in [0.2, 0.25) is 11.0 Å². The second-order valence-electron chi connectivity index (χ2n) is 13.9. The Morgan fingerprint density at radius 2 is 0.982 bits per heavy atom. The molecule has 8 aromatic carbocycles. The third-order valence-electron chi connectivity index (χ3n) is 10.9. The molecule has 3 aromatic heterocycles. The Morgan fingerprint density at radius 3 is 1.67 bits per heavy atom. The number of hydrogen-bond donors (Lipinski definition) is 0. The molecule has 0 fully saturated rings. The number of H-pyrrole nitrogens is 2. The van der Waals surface area contributed by atoms with Gasteiger partial charge >= 0.3 is 37.7 Å². The van der Waals surface area contributed by atoms with E-state index in [0.717, 1.165) is 92.6 Å². The van der Waals surface area contributed by atoms with Crippen LogP contribution in [0.2, 0.25) is 0 Å². The zero-order chi connectivity index (χ0) is 36.6. The van der Waals surface area contributed by atoms with Gasteiger partial charge in [-0.15, -0.1) is 11.3 Å². The molecule has 3 heterocycles. The SMILES string of the molecule is [Li+].[Li+].[O-]c1ccc(-c2c3ccccc3c(-c3ccc([O-])c4[nH+]cccc34)c3c2ccc2c(-c4ccc(-c5nc6ccccc6s5)cc4)cccc23)c2ccc[nH+]c12. The van der Waals surface area contributed by atoms with Crippen LogP contribution in [-0.4, -0.2) is 4.98 Å². The van der Waals surface area contributed by atoms with Crippen LogP contribution in [0.25, 0.3) is 108 Å². The fraction of sp³-hybridized carbons (Fsp3) is 0. The minimum atomic E-state index is -0.0496. The van der Waals surface area contributed by atoms with Gasteiger partial charge in [-0.25, -0.2) is 15.0 Å². The Kier molecular flexibility index (Phi) is 9.34. The minimum absolute atomic E-state index is 0. The molecule has 0 aliphatic carbocycles. The predicted molar refractivity (Wildman–Crippen MR) is 221 cm³/mol. The number of hydrogen-bond acceptors (Lipinski definition) is 4. The van der Waals surface area contributed by atoms with Crippen LogP contribution in [0.1, 0.15) is 0 Å². The van der Waals surface area contributed by atoms with Crippen molar-refractivity contribution in [1.82, 2.24) is 4.98 Å². The Bertz CT molecular complexity index is 3330. The number of nitrogens with one attached hydrogen (secondary N) is 2. The Labute approximate surface area is 355 Å². The van der Waals surface area contributed by atoms with Crippen molar-refractivity contribution >= 4 is 75.7 Å². The number of para-hydroxylation sites is 1. The van der Waals surface area contributed by atoms with Crippen molar-refractivity contribution in [3.05, 3.63) is 164 Å². The van der Waals surface area contributed by atoms with E-state index in [1.54, 1.807) is 35.9 Å². The molecule has 0 bridgehead atoms. The molecule has 0 atom stereocenters. The summed E-state index contributed by atoms with van der Waals surface area (Å²) in [4.78, 5) is 11.3. The maximum absolute atomic E-state index is 13.2.